The number of benzene rings is 9. The van der Waals surface area contributed by atoms with Crippen LogP contribution in [0.2, 0.25) is 0 Å². The van der Waals surface area contributed by atoms with Gasteiger partial charge in [0.1, 0.15) is 11.2 Å². The van der Waals surface area contributed by atoms with Gasteiger partial charge in [0, 0.05) is 33.2 Å². The van der Waals surface area contributed by atoms with Crippen molar-refractivity contribution in [3.05, 3.63) is 200 Å². The Morgan fingerprint density at radius 3 is 1.65 bits per heavy atom. The molecular formula is C50H33NO. The number of fused-ring (bicyclic) bond motifs is 6. The summed E-state index contributed by atoms with van der Waals surface area (Å²) in [6, 6.07) is 71.7. The van der Waals surface area contributed by atoms with Crippen molar-refractivity contribution < 1.29 is 4.42 Å². The Morgan fingerprint density at radius 1 is 0.327 bits per heavy atom. The van der Waals surface area contributed by atoms with Crippen LogP contribution in [0.1, 0.15) is 0 Å². The Hall–Kier alpha value is -6.90. The monoisotopic (exact) mass is 663 g/mol. The fraction of sp³-hybridized carbons (Fsp3) is 0. The number of nitrogens with zero attached hydrogens (tertiary/aromatic N) is 1. The van der Waals surface area contributed by atoms with E-state index in [2.05, 4.69) is 205 Å². The van der Waals surface area contributed by atoms with E-state index in [1.54, 1.807) is 0 Å². The van der Waals surface area contributed by atoms with Gasteiger partial charge in [0.25, 0.3) is 0 Å². The molecule has 2 heteroatoms. The minimum atomic E-state index is 0.894. The molecular weight excluding hydrogens is 631 g/mol. The molecule has 1 heterocycles. The summed E-state index contributed by atoms with van der Waals surface area (Å²) in [6.07, 6.45) is 0. The first-order valence-electron chi connectivity index (χ1n) is 17.8. The number of rotatable bonds is 6. The van der Waals surface area contributed by atoms with E-state index in [0.29, 0.717) is 0 Å². The third-order valence-electron chi connectivity index (χ3n) is 10.2. The highest BCUT2D eigenvalue weighted by molar-refractivity contribution is 6.19. The molecule has 0 saturated heterocycles. The van der Waals surface area contributed by atoms with E-state index in [-0.39, 0.29) is 0 Å². The summed E-state index contributed by atoms with van der Waals surface area (Å²) < 4.78 is 6.57. The van der Waals surface area contributed by atoms with Crippen LogP contribution in [0.15, 0.2) is 205 Å². The predicted molar refractivity (Wildman–Crippen MR) is 220 cm³/mol. The molecule has 52 heavy (non-hydrogen) atoms. The lowest BCUT2D eigenvalue weighted by molar-refractivity contribution is 0.673. The van der Waals surface area contributed by atoms with Gasteiger partial charge >= 0.3 is 0 Å². The van der Waals surface area contributed by atoms with Gasteiger partial charge in [-0.1, -0.05) is 152 Å². The maximum Gasteiger partial charge on any atom is 0.143 e. The molecule has 10 aromatic rings. The smallest absolute Gasteiger partial charge is 0.143 e. The lowest BCUT2D eigenvalue weighted by atomic mass is 9.96. The normalized spacial score (nSPS) is 11.5. The molecule has 0 N–H and O–H groups in total. The van der Waals surface area contributed by atoms with Crippen LogP contribution in [0.25, 0.3) is 76.9 Å². The first kappa shape index (κ1) is 30.0. The number of anilines is 3. The van der Waals surface area contributed by atoms with Crippen LogP contribution >= 0.6 is 0 Å². The standard InChI is InChI=1S/C50H33NO/c1-2-12-34(13-3-1)35-26-29-40(30-27-35)51(41-19-8-17-38(32-41)44-23-10-16-36-14-4-6-21-43(36)44)42-20-9-18-39(33-42)45-24-11-25-48-49(45)47-31-28-37-15-5-7-22-46(37)50(47)52-48/h1-33H. The number of hydrogen-bond donors (Lipinski definition) is 0. The van der Waals surface area contributed by atoms with Crippen molar-refractivity contribution in [2.75, 3.05) is 4.90 Å². The molecule has 244 valence electrons. The van der Waals surface area contributed by atoms with Crippen molar-refractivity contribution in [1.82, 2.24) is 0 Å². The van der Waals surface area contributed by atoms with Crippen molar-refractivity contribution in [2.24, 2.45) is 0 Å². The molecule has 2 nitrogen and oxygen atoms in total. The third kappa shape index (κ3) is 5.12. The van der Waals surface area contributed by atoms with E-state index in [1.165, 1.54) is 38.4 Å². The highest BCUT2D eigenvalue weighted by Gasteiger charge is 2.18. The summed E-state index contributed by atoms with van der Waals surface area (Å²) >= 11 is 0. The van der Waals surface area contributed by atoms with Gasteiger partial charge in [-0.25, -0.2) is 0 Å². The van der Waals surface area contributed by atoms with E-state index >= 15 is 0 Å². The molecule has 0 unspecified atom stereocenters. The fourth-order valence-corrected chi connectivity index (χ4v) is 7.78. The molecule has 0 atom stereocenters. The van der Waals surface area contributed by atoms with Gasteiger partial charge in [-0.3, -0.25) is 0 Å². The third-order valence-corrected chi connectivity index (χ3v) is 10.2. The summed E-state index contributed by atoms with van der Waals surface area (Å²) in [5.74, 6) is 0. The van der Waals surface area contributed by atoms with E-state index < -0.39 is 0 Å². The van der Waals surface area contributed by atoms with Gasteiger partial charge in [0.05, 0.1) is 0 Å². The largest absolute Gasteiger partial charge is 0.455 e. The first-order chi connectivity index (χ1) is 25.8. The minimum Gasteiger partial charge on any atom is -0.455 e. The fourth-order valence-electron chi connectivity index (χ4n) is 7.78. The second-order valence-corrected chi connectivity index (χ2v) is 13.3. The molecule has 0 bridgehead atoms. The topological polar surface area (TPSA) is 16.4 Å². The van der Waals surface area contributed by atoms with Crippen LogP contribution in [0.4, 0.5) is 17.1 Å². The number of hydrogen-bond acceptors (Lipinski definition) is 2. The summed E-state index contributed by atoms with van der Waals surface area (Å²) in [5.41, 5.74) is 12.2. The molecule has 0 radical (unpaired) electrons. The summed E-state index contributed by atoms with van der Waals surface area (Å²) in [7, 11) is 0. The quantitative estimate of drug-likeness (QED) is 0.176. The molecule has 1 aromatic heterocycles. The predicted octanol–water partition coefficient (Wildman–Crippen LogP) is 14.4. The molecule has 9 aromatic carbocycles. The van der Waals surface area contributed by atoms with Crippen molar-refractivity contribution in [3.8, 4) is 33.4 Å². The van der Waals surface area contributed by atoms with E-state index in [0.717, 1.165) is 55.5 Å². The zero-order valence-corrected chi connectivity index (χ0v) is 28.4. The van der Waals surface area contributed by atoms with Crippen LogP contribution in [-0.2, 0) is 0 Å². The molecule has 0 amide bonds. The first-order valence-corrected chi connectivity index (χ1v) is 17.8. The van der Waals surface area contributed by atoms with E-state index in [9.17, 15) is 0 Å². The van der Waals surface area contributed by atoms with Gasteiger partial charge < -0.3 is 9.32 Å². The Kier molecular flexibility index (Phi) is 7.18. The molecule has 0 aliphatic carbocycles. The number of furan rings is 1. The lowest BCUT2D eigenvalue weighted by Crippen LogP contribution is -2.10. The Bertz CT molecular complexity index is 2900. The van der Waals surface area contributed by atoms with E-state index in [4.69, 9.17) is 4.42 Å². The van der Waals surface area contributed by atoms with Gasteiger partial charge in [0.2, 0.25) is 0 Å². The maximum absolute atomic E-state index is 6.57. The second kappa shape index (κ2) is 12.5. The molecule has 0 saturated carbocycles. The van der Waals surface area contributed by atoms with Crippen molar-refractivity contribution in [1.29, 1.82) is 0 Å². The highest BCUT2D eigenvalue weighted by atomic mass is 16.3. The summed E-state index contributed by atoms with van der Waals surface area (Å²) in [4.78, 5) is 2.37. The van der Waals surface area contributed by atoms with Crippen molar-refractivity contribution in [3.63, 3.8) is 0 Å². The Balaban J connectivity index is 1.14. The zero-order valence-electron chi connectivity index (χ0n) is 28.4. The average Bonchev–Trinajstić information content (AvgIpc) is 3.61. The SMILES string of the molecule is c1ccc(-c2ccc(N(c3cccc(-c4cccc5ccccc45)c3)c3cccc(-c4cccc5oc6c7ccccc7ccc6c45)c3)cc2)cc1. The molecule has 0 aliphatic rings. The Labute approximate surface area is 302 Å². The lowest BCUT2D eigenvalue weighted by Gasteiger charge is -2.27. The minimum absolute atomic E-state index is 0.894. The zero-order chi connectivity index (χ0) is 34.4. The van der Waals surface area contributed by atoms with Crippen LogP contribution in [0.5, 0.6) is 0 Å². The molecule has 0 aliphatic heterocycles. The summed E-state index contributed by atoms with van der Waals surface area (Å²) in [5, 5.41) is 7.06. The second-order valence-electron chi connectivity index (χ2n) is 13.3. The molecule has 10 rings (SSSR count). The van der Waals surface area contributed by atoms with Gasteiger partial charge in [-0.05, 0) is 98.1 Å². The highest BCUT2D eigenvalue weighted by Crippen LogP contribution is 2.43. The van der Waals surface area contributed by atoms with Gasteiger partial charge in [-0.2, -0.15) is 0 Å². The molecule has 0 spiro atoms. The van der Waals surface area contributed by atoms with Crippen LogP contribution in [-0.4, -0.2) is 0 Å². The van der Waals surface area contributed by atoms with Gasteiger partial charge in [0.15, 0.2) is 0 Å². The van der Waals surface area contributed by atoms with Crippen molar-refractivity contribution in [2.45, 2.75) is 0 Å². The molecule has 0 fully saturated rings. The van der Waals surface area contributed by atoms with Crippen LogP contribution < -0.4 is 4.90 Å². The maximum atomic E-state index is 6.57. The van der Waals surface area contributed by atoms with Crippen LogP contribution in [0, 0.1) is 0 Å². The van der Waals surface area contributed by atoms with Crippen molar-refractivity contribution >= 4 is 60.5 Å². The van der Waals surface area contributed by atoms with E-state index in [1.807, 2.05) is 0 Å². The average molecular weight is 664 g/mol. The van der Waals surface area contributed by atoms with Crippen LogP contribution in [0.3, 0.4) is 0 Å². The van der Waals surface area contributed by atoms with Gasteiger partial charge in [-0.15, -0.1) is 0 Å². The Morgan fingerprint density at radius 2 is 0.885 bits per heavy atom. The summed E-state index contributed by atoms with van der Waals surface area (Å²) in [6.45, 7) is 0.